The molecule has 0 saturated carbocycles. The first-order chi connectivity index (χ1) is 16.5. The number of rotatable bonds is 6. The number of carbonyl (C=O) groups excluding carboxylic acids is 1. The Kier molecular flexibility index (Phi) is 6.20. The second kappa shape index (κ2) is 9.43. The molecule has 0 radical (unpaired) electrons. The third kappa shape index (κ3) is 4.75. The van der Waals surface area contributed by atoms with Gasteiger partial charge in [-0.2, -0.15) is 4.31 Å². The molecular weight excluding hydrogens is 460 g/mol. The van der Waals surface area contributed by atoms with Crippen LogP contribution in [0.5, 0.6) is 11.5 Å². The van der Waals surface area contributed by atoms with E-state index >= 15 is 0 Å². The molecule has 0 aliphatic carbocycles. The molecule has 0 spiro atoms. The average Bonchev–Trinajstić information content (AvgIpc) is 3.39. The molecular formula is C23H24N4O6S. The standard InChI is InChI=1S/C23H24N4O6S/c28-22(17-6-8-18(9-7-17)34(29,30)27-11-3-1-2-4-12-27)24-23-26-25-21(33-23)14-16-5-10-19-20(13-16)32-15-31-19/h5-10,13H,1-4,11-12,14-15H2,(H,24,26,28). The van der Waals surface area contributed by atoms with Crippen LogP contribution in [0, 0.1) is 0 Å². The smallest absolute Gasteiger partial charge is 0.322 e. The molecule has 1 fully saturated rings. The summed E-state index contributed by atoms with van der Waals surface area (Å²) in [7, 11) is -3.57. The second-order valence-corrected chi connectivity index (χ2v) is 10.1. The van der Waals surface area contributed by atoms with Gasteiger partial charge in [-0.05, 0) is 54.8 Å². The highest BCUT2D eigenvalue weighted by molar-refractivity contribution is 7.89. The van der Waals surface area contributed by atoms with Crippen LogP contribution in [-0.4, -0.2) is 48.7 Å². The van der Waals surface area contributed by atoms with Crippen LogP contribution in [0.25, 0.3) is 0 Å². The zero-order valence-corrected chi connectivity index (χ0v) is 19.2. The largest absolute Gasteiger partial charge is 0.454 e. The summed E-state index contributed by atoms with van der Waals surface area (Å²) < 4.78 is 43.5. The molecule has 1 aromatic heterocycles. The second-order valence-electron chi connectivity index (χ2n) is 8.16. The fourth-order valence-electron chi connectivity index (χ4n) is 3.98. The van der Waals surface area contributed by atoms with E-state index in [0.717, 1.165) is 31.2 Å². The highest BCUT2D eigenvalue weighted by Crippen LogP contribution is 2.33. The zero-order chi connectivity index (χ0) is 23.5. The van der Waals surface area contributed by atoms with E-state index in [2.05, 4.69) is 15.5 Å². The Morgan fingerprint density at radius 2 is 1.68 bits per heavy atom. The average molecular weight is 485 g/mol. The van der Waals surface area contributed by atoms with Gasteiger partial charge in [0.25, 0.3) is 5.91 Å². The number of sulfonamides is 1. The van der Waals surface area contributed by atoms with Crippen LogP contribution >= 0.6 is 0 Å². The number of benzene rings is 2. The van der Waals surface area contributed by atoms with Crippen molar-refractivity contribution in [2.75, 3.05) is 25.2 Å². The first-order valence-corrected chi connectivity index (χ1v) is 12.6. The summed E-state index contributed by atoms with van der Waals surface area (Å²) in [6.07, 6.45) is 4.17. The van der Waals surface area contributed by atoms with E-state index in [4.69, 9.17) is 13.9 Å². The van der Waals surface area contributed by atoms with Crippen molar-refractivity contribution in [3.63, 3.8) is 0 Å². The maximum Gasteiger partial charge on any atom is 0.322 e. The number of hydrogen-bond donors (Lipinski definition) is 1. The zero-order valence-electron chi connectivity index (χ0n) is 18.4. The Labute approximate surface area is 196 Å². The van der Waals surface area contributed by atoms with E-state index in [1.54, 1.807) is 0 Å². The van der Waals surface area contributed by atoms with Crippen LogP contribution in [-0.2, 0) is 16.4 Å². The summed E-state index contributed by atoms with van der Waals surface area (Å²) in [6, 6.07) is 11.3. The van der Waals surface area contributed by atoms with E-state index < -0.39 is 15.9 Å². The molecule has 1 saturated heterocycles. The number of ether oxygens (including phenoxy) is 2. The van der Waals surface area contributed by atoms with Crippen molar-refractivity contribution >= 4 is 21.9 Å². The van der Waals surface area contributed by atoms with E-state index in [-0.39, 0.29) is 23.3 Å². The maximum absolute atomic E-state index is 12.9. The Bertz CT molecular complexity index is 1280. The molecule has 5 rings (SSSR count). The van der Waals surface area contributed by atoms with Crippen molar-refractivity contribution in [2.24, 2.45) is 0 Å². The molecule has 11 heteroatoms. The van der Waals surface area contributed by atoms with Crippen molar-refractivity contribution in [2.45, 2.75) is 37.0 Å². The third-order valence-electron chi connectivity index (χ3n) is 5.80. The first-order valence-electron chi connectivity index (χ1n) is 11.1. The Morgan fingerprint density at radius 3 is 2.44 bits per heavy atom. The molecule has 2 aliphatic heterocycles. The number of carbonyl (C=O) groups is 1. The van der Waals surface area contributed by atoms with Gasteiger partial charge in [0.2, 0.25) is 22.7 Å². The fourth-order valence-corrected chi connectivity index (χ4v) is 5.50. The van der Waals surface area contributed by atoms with Crippen molar-refractivity contribution in [1.82, 2.24) is 14.5 Å². The molecule has 34 heavy (non-hydrogen) atoms. The van der Waals surface area contributed by atoms with Gasteiger partial charge in [-0.15, -0.1) is 5.10 Å². The molecule has 2 aliphatic rings. The van der Waals surface area contributed by atoms with Gasteiger partial charge in [-0.25, -0.2) is 8.42 Å². The number of nitrogens with zero attached hydrogens (tertiary/aromatic N) is 3. The molecule has 0 atom stereocenters. The molecule has 2 aromatic carbocycles. The number of aromatic nitrogens is 2. The summed E-state index contributed by atoms with van der Waals surface area (Å²) in [5, 5.41) is 10.4. The van der Waals surface area contributed by atoms with Gasteiger partial charge < -0.3 is 13.9 Å². The summed E-state index contributed by atoms with van der Waals surface area (Å²) in [6.45, 7) is 1.24. The SMILES string of the molecule is O=C(Nc1nnc(Cc2ccc3c(c2)OCO3)o1)c1ccc(S(=O)(=O)N2CCCCCC2)cc1. The van der Waals surface area contributed by atoms with Crippen LogP contribution < -0.4 is 14.8 Å². The summed E-state index contributed by atoms with van der Waals surface area (Å²) in [5.41, 5.74) is 1.18. The molecule has 3 aromatic rings. The van der Waals surface area contributed by atoms with E-state index in [9.17, 15) is 13.2 Å². The highest BCUT2D eigenvalue weighted by Gasteiger charge is 2.25. The Hall–Kier alpha value is -3.44. The molecule has 178 valence electrons. The van der Waals surface area contributed by atoms with Crippen LogP contribution in [0.4, 0.5) is 6.01 Å². The molecule has 3 heterocycles. The van der Waals surface area contributed by atoms with Crippen LogP contribution in [0.1, 0.15) is 47.5 Å². The van der Waals surface area contributed by atoms with E-state index in [0.29, 0.717) is 36.9 Å². The van der Waals surface area contributed by atoms with Gasteiger partial charge in [0.1, 0.15) is 0 Å². The molecule has 10 nitrogen and oxygen atoms in total. The molecule has 1 N–H and O–H groups in total. The minimum absolute atomic E-state index is 0.0398. The molecule has 1 amide bonds. The van der Waals surface area contributed by atoms with E-state index in [1.807, 2.05) is 18.2 Å². The minimum Gasteiger partial charge on any atom is -0.454 e. The topological polar surface area (TPSA) is 124 Å². The number of nitrogens with one attached hydrogen (secondary N) is 1. The lowest BCUT2D eigenvalue weighted by atomic mass is 10.1. The Morgan fingerprint density at radius 1 is 0.941 bits per heavy atom. The summed E-state index contributed by atoms with van der Waals surface area (Å²) >= 11 is 0. The van der Waals surface area contributed by atoms with E-state index in [1.165, 1.54) is 28.6 Å². The van der Waals surface area contributed by atoms with Crippen molar-refractivity contribution < 1.29 is 27.1 Å². The fraction of sp³-hybridized carbons (Fsp3) is 0.348. The minimum atomic E-state index is -3.57. The van der Waals surface area contributed by atoms with Crippen LogP contribution in [0.3, 0.4) is 0 Å². The Balaban J connectivity index is 1.22. The lowest BCUT2D eigenvalue weighted by Gasteiger charge is -2.19. The predicted octanol–water partition coefficient (Wildman–Crippen LogP) is 3.21. The van der Waals surface area contributed by atoms with Crippen LogP contribution in [0.2, 0.25) is 0 Å². The molecule has 0 unspecified atom stereocenters. The van der Waals surface area contributed by atoms with Gasteiger partial charge in [0.15, 0.2) is 11.5 Å². The maximum atomic E-state index is 12.9. The highest BCUT2D eigenvalue weighted by atomic mass is 32.2. The lowest BCUT2D eigenvalue weighted by Crippen LogP contribution is -2.31. The van der Waals surface area contributed by atoms with Gasteiger partial charge in [-0.3, -0.25) is 10.1 Å². The third-order valence-corrected chi connectivity index (χ3v) is 7.71. The quantitative estimate of drug-likeness (QED) is 0.566. The lowest BCUT2D eigenvalue weighted by molar-refractivity contribution is 0.102. The van der Waals surface area contributed by atoms with Gasteiger partial charge in [0.05, 0.1) is 11.3 Å². The molecule has 0 bridgehead atoms. The number of hydrogen-bond acceptors (Lipinski definition) is 8. The summed E-state index contributed by atoms with van der Waals surface area (Å²) in [5.74, 6) is 1.20. The van der Waals surface area contributed by atoms with Crippen molar-refractivity contribution in [3.8, 4) is 11.5 Å². The monoisotopic (exact) mass is 484 g/mol. The first kappa shape index (κ1) is 22.4. The summed E-state index contributed by atoms with van der Waals surface area (Å²) in [4.78, 5) is 12.8. The normalized spacial score (nSPS) is 16.2. The number of fused-ring (bicyclic) bond motifs is 1. The van der Waals surface area contributed by atoms with Gasteiger partial charge >= 0.3 is 6.01 Å². The number of amides is 1. The van der Waals surface area contributed by atoms with Gasteiger partial charge in [0, 0.05) is 18.7 Å². The van der Waals surface area contributed by atoms with Crippen molar-refractivity contribution in [3.05, 3.63) is 59.5 Å². The number of anilines is 1. The predicted molar refractivity (Wildman–Crippen MR) is 121 cm³/mol. The van der Waals surface area contributed by atoms with Crippen LogP contribution in [0.15, 0.2) is 51.8 Å². The van der Waals surface area contributed by atoms with Crippen molar-refractivity contribution in [1.29, 1.82) is 0 Å². The van der Waals surface area contributed by atoms with Gasteiger partial charge in [-0.1, -0.05) is 24.0 Å².